The monoisotopic (exact) mass is 470 g/mol. The second-order valence-corrected chi connectivity index (χ2v) is 11.9. The number of hydrogen-bond donors (Lipinski definition) is 1. The molecular weight excluding hydrogens is 436 g/mol. The topological polar surface area (TPSA) is 78.8 Å². The minimum absolute atomic E-state index is 0.133. The molecule has 3 aliphatic carbocycles. The molecule has 1 aliphatic heterocycles. The number of likely N-dealkylation sites (N-methyl/N-ethyl adjacent to an activating group) is 1. The number of rotatable bonds is 5. The fraction of sp³-hybridized carbons (Fsp3) is 0.720. The standard InChI is InChI=1S/C25H34N4O3S/c1-24(31)14-25(24)10-9-18-21(25)20-22(26-15-27-23(20)33-18)32-17-7-5-16(6-8-17)28(2)13-19(30)29-11-3-4-12-29/h15-17,31H,3-14H2,1-2H3/t16-,17-,24-,25?/m1/s1. The Bertz CT molecular complexity index is 1070. The van der Waals surface area contributed by atoms with Gasteiger partial charge in [0.2, 0.25) is 11.8 Å². The maximum Gasteiger partial charge on any atom is 0.236 e. The highest BCUT2D eigenvalue weighted by atomic mass is 32.1. The van der Waals surface area contributed by atoms with Crippen LogP contribution in [0.5, 0.6) is 5.88 Å². The van der Waals surface area contributed by atoms with Crippen LogP contribution in [-0.4, -0.2) is 75.2 Å². The predicted molar refractivity (Wildman–Crippen MR) is 128 cm³/mol. The third-order valence-electron chi connectivity index (χ3n) is 8.72. The first-order valence-corrected chi connectivity index (χ1v) is 13.3. The summed E-state index contributed by atoms with van der Waals surface area (Å²) >= 11 is 1.74. The molecule has 178 valence electrons. The Hall–Kier alpha value is -1.77. The number of likely N-dealkylation sites (tertiary alicyclic amines) is 1. The quantitative estimate of drug-likeness (QED) is 0.723. The summed E-state index contributed by atoms with van der Waals surface area (Å²) in [6.45, 7) is 4.32. The lowest BCUT2D eigenvalue weighted by molar-refractivity contribution is -0.131. The average Bonchev–Trinajstić information content (AvgIpc) is 3.29. The van der Waals surface area contributed by atoms with Gasteiger partial charge in [-0.2, -0.15) is 0 Å². The zero-order valence-corrected chi connectivity index (χ0v) is 20.5. The highest BCUT2D eigenvalue weighted by Gasteiger charge is 2.68. The van der Waals surface area contributed by atoms with E-state index in [-0.39, 0.29) is 17.4 Å². The first kappa shape index (κ1) is 21.7. The van der Waals surface area contributed by atoms with E-state index in [1.807, 2.05) is 11.8 Å². The lowest BCUT2D eigenvalue weighted by Crippen LogP contribution is -2.44. The summed E-state index contributed by atoms with van der Waals surface area (Å²) in [6.07, 6.45) is 10.9. The van der Waals surface area contributed by atoms with Gasteiger partial charge >= 0.3 is 0 Å². The lowest BCUT2D eigenvalue weighted by Gasteiger charge is -2.35. The number of aromatic nitrogens is 2. The highest BCUT2D eigenvalue weighted by molar-refractivity contribution is 7.19. The summed E-state index contributed by atoms with van der Waals surface area (Å²) in [7, 11) is 2.09. The molecule has 4 aliphatic rings. The zero-order valence-electron chi connectivity index (χ0n) is 19.7. The van der Waals surface area contributed by atoms with Crippen LogP contribution in [0.2, 0.25) is 0 Å². The Morgan fingerprint density at radius 2 is 2.00 bits per heavy atom. The van der Waals surface area contributed by atoms with Crippen molar-refractivity contribution in [1.29, 1.82) is 0 Å². The smallest absolute Gasteiger partial charge is 0.236 e. The zero-order chi connectivity index (χ0) is 22.8. The number of ether oxygens (including phenoxy) is 1. The van der Waals surface area contributed by atoms with Gasteiger partial charge in [-0.1, -0.05) is 0 Å². The summed E-state index contributed by atoms with van der Waals surface area (Å²) in [6, 6.07) is 0.428. The van der Waals surface area contributed by atoms with E-state index in [2.05, 4.69) is 21.9 Å². The van der Waals surface area contributed by atoms with Gasteiger partial charge in [-0.05, 0) is 77.3 Å². The van der Waals surface area contributed by atoms with Crippen LogP contribution >= 0.6 is 11.3 Å². The van der Waals surface area contributed by atoms with E-state index in [4.69, 9.17) is 4.74 Å². The predicted octanol–water partition coefficient (Wildman–Crippen LogP) is 3.27. The van der Waals surface area contributed by atoms with Gasteiger partial charge in [-0.25, -0.2) is 9.97 Å². The van der Waals surface area contributed by atoms with Crippen molar-refractivity contribution in [2.45, 2.75) is 87.9 Å². The van der Waals surface area contributed by atoms with Crippen LogP contribution in [0.4, 0.5) is 0 Å². The van der Waals surface area contributed by atoms with E-state index in [1.165, 1.54) is 10.4 Å². The molecule has 3 fully saturated rings. The number of nitrogens with zero attached hydrogens (tertiary/aromatic N) is 4. The molecule has 2 aromatic heterocycles. The molecule has 3 heterocycles. The minimum Gasteiger partial charge on any atom is -0.474 e. The van der Waals surface area contributed by atoms with Crippen molar-refractivity contribution < 1.29 is 14.6 Å². The second-order valence-electron chi connectivity index (χ2n) is 10.8. The van der Waals surface area contributed by atoms with Crippen molar-refractivity contribution in [1.82, 2.24) is 19.8 Å². The molecule has 2 aromatic rings. The first-order valence-electron chi connectivity index (χ1n) is 12.5. The number of thiophene rings is 1. The van der Waals surface area contributed by atoms with Gasteiger partial charge in [0, 0.05) is 29.4 Å². The fourth-order valence-corrected chi connectivity index (χ4v) is 7.83. The number of carbonyl (C=O) groups excluding carboxylic acids is 1. The van der Waals surface area contributed by atoms with Gasteiger partial charge in [-0.3, -0.25) is 9.69 Å². The molecule has 1 amide bonds. The number of hydrogen-bond acceptors (Lipinski definition) is 7. The molecule has 1 unspecified atom stereocenters. The molecule has 2 saturated carbocycles. The Morgan fingerprint density at radius 1 is 1.27 bits per heavy atom. The summed E-state index contributed by atoms with van der Waals surface area (Å²) in [5.41, 5.74) is 0.497. The molecule has 0 bridgehead atoms. The van der Waals surface area contributed by atoms with Gasteiger partial charge in [0.05, 0.1) is 17.5 Å². The molecule has 2 atom stereocenters. The van der Waals surface area contributed by atoms with Crippen LogP contribution in [0.15, 0.2) is 6.33 Å². The van der Waals surface area contributed by atoms with Crippen LogP contribution < -0.4 is 4.74 Å². The maximum absolute atomic E-state index is 12.5. The van der Waals surface area contributed by atoms with E-state index < -0.39 is 5.60 Å². The SMILES string of the molecule is CN(CC(=O)N1CCCC1)[C@H]1CC[C@H](Oc2ncnc3sc4c(c23)C2(CC4)C[C@@]2(C)O)CC1. The maximum atomic E-state index is 12.5. The van der Waals surface area contributed by atoms with E-state index in [1.54, 1.807) is 17.7 Å². The van der Waals surface area contributed by atoms with Gasteiger partial charge in [0.1, 0.15) is 17.3 Å². The molecule has 33 heavy (non-hydrogen) atoms. The number of carbonyl (C=O) groups is 1. The molecular formula is C25H34N4O3S. The number of fused-ring (bicyclic) bond motifs is 4. The third-order valence-corrected chi connectivity index (χ3v) is 9.88. The molecule has 1 spiro atoms. The van der Waals surface area contributed by atoms with Gasteiger partial charge < -0.3 is 14.7 Å². The number of aryl methyl sites for hydroxylation is 1. The average molecular weight is 471 g/mol. The second kappa shape index (κ2) is 7.89. The molecule has 1 saturated heterocycles. The van der Waals surface area contributed by atoms with Gasteiger partial charge in [0.15, 0.2) is 0 Å². The Balaban J connectivity index is 1.13. The van der Waals surface area contributed by atoms with E-state index >= 15 is 0 Å². The Labute approximate surface area is 199 Å². The van der Waals surface area contributed by atoms with Crippen molar-refractivity contribution >= 4 is 27.5 Å². The first-order chi connectivity index (χ1) is 15.9. The molecule has 1 N–H and O–H groups in total. The highest BCUT2D eigenvalue weighted by Crippen LogP contribution is 2.67. The third kappa shape index (κ3) is 3.56. The molecule has 6 rings (SSSR count). The Morgan fingerprint density at radius 3 is 2.70 bits per heavy atom. The van der Waals surface area contributed by atoms with Crippen LogP contribution in [-0.2, 0) is 16.6 Å². The van der Waals surface area contributed by atoms with Crippen molar-refractivity contribution in [2.75, 3.05) is 26.7 Å². The van der Waals surface area contributed by atoms with Crippen LogP contribution in [0, 0.1) is 0 Å². The van der Waals surface area contributed by atoms with E-state index in [0.717, 1.165) is 81.1 Å². The molecule has 0 aromatic carbocycles. The fourth-order valence-electron chi connectivity index (χ4n) is 6.61. The van der Waals surface area contributed by atoms with E-state index in [9.17, 15) is 9.90 Å². The van der Waals surface area contributed by atoms with E-state index in [0.29, 0.717) is 18.5 Å². The molecule has 7 nitrogen and oxygen atoms in total. The van der Waals surface area contributed by atoms with Crippen LogP contribution in [0.1, 0.15) is 68.7 Å². The number of amides is 1. The summed E-state index contributed by atoms with van der Waals surface area (Å²) in [4.78, 5) is 28.2. The molecule has 0 radical (unpaired) electrons. The van der Waals surface area contributed by atoms with Gasteiger partial charge in [0.25, 0.3) is 0 Å². The van der Waals surface area contributed by atoms with Crippen molar-refractivity contribution in [3.63, 3.8) is 0 Å². The lowest BCUT2D eigenvalue weighted by atomic mass is 9.91. The normalized spacial score (nSPS) is 33.3. The molecule has 8 heteroatoms. The van der Waals surface area contributed by atoms with Crippen molar-refractivity contribution in [2.24, 2.45) is 0 Å². The number of aliphatic hydroxyl groups is 1. The Kier molecular flexibility index (Phi) is 5.20. The van der Waals surface area contributed by atoms with Gasteiger partial charge in [-0.15, -0.1) is 11.3 Å². The van der Waals surface area contributed by atoms with Crippen molar-refractivity contribution in [3.8, 4) is 5.88 Å². The summed E-state index contributed by atoms with van der Waals surface area (Å²) < 4.78 is 6.51. The largest absolute Gasteiger partial charge is 0.474 e. The van der Waals surface area contributed by atoms with Crippen LogP contribution in [0.3, 0.4) is 0 Å². The van der Waals surface area contributed by atoms with Crippen LogP contribution in [0.25, 0.3) is 10.2 Å². The van der Waals surface area contributed by atoms with Crippen molar-refractivity contribution in [3.05, 3.63) is 16.8 Å². The minimum atomic E-state index is -0.630. The summed E-state index contributed by atoms with van der Waals surface area (Å²) in [5, 5.41) is 11.9. The summed E-state index contributed by atoms with van der Waals surface area (Å²) in [5.74, 6) is 0.968.